The fourth-order valence-electron chi connectivity index (χ4n) is 3.07. The van der Waals surface area contributed by atoms with E-state index in [2.05, 4.69) is 25.5 Å². The van der Waals surface area contributed by atoms with E-state index < -0.39 is 12.9 Å². The third-order valence-electron chi connectivity index (χ3n) is 4.16. The molecule has 0 unspecified atom stereocenters. The van der Waals surface area contributed by atoms with Gasteiger partial charge in [-0.2, -0.15) is 15.0 Å². The molecule has 4 rings (SSSR count). The standard InChI is InChI=1S/C17H18N8O/c1-18-17(26)11-8-19-6-5-12(11)21-16-15-10(4-7-20-16)14-13(9-24(15)2)22-25(3)23-14/h4-8H,9H2,1-3H3,(H,18,26)(H,19,20,21)/i1D3. The van der Waals surface area contributed by atoms with E-state index in [0.717, 1.165) is 22.6 Å². The zero-order valence-corrected chi connectivity index (χ0v) is 14.2. The van der Waals surface area contributed by atoms with E-state index in [1.165, 1.54) is 17.2 Å². The van der Waals surface area contributed by atoms with Crippen LogP contribution in [-0.4, -0.2) is 44.9 Å². The number of hydrogen-bond donors (Lipinski definition) is 2. The molecule has 0 spiro atoms. The van der Waals surface area contributed by atoms with Crippen molar-refractivity contribution >= 4 is 23.1 Å². The highest BCUT2D eigenvalue weighted by atomic mass is 16.1. The average Bonchev–Trinajstić information content (AvgIpc) is 3.01. The van der Waals surface area contributed by atoms with E-state index in [0.29, 0.717) is 18.1 Å². The van der Waals surface area contributed by atoms with Crippen molar-refractivity contribution in [2.45, 2.75) is 6.54 Å². The number of hydrogen-bond acceptors (Lipinski definition) is 7. The number of aryl methyl sites for hydroxylation is 1. The Morgan fingerprint density at radius 2 is 2.15 bits per heavy atom. The second-order valence-electron chi connectivity index (χ2n) is 5.90. The number of fused-ring (bicyclic) bond motifs is 3. The van der Waals surface area contributed by atoms with Crippen molar-refractivity contribution in [3.63, 3.8) is 0 Å². The van der Waals surface area contributed by atoms with Crippen LogP contribution in [0.25, 0.3) is 11.3 Å². The van der Waals surface area contributed by atoms with Crippen LogP contribution < -0.4 is 15.5 Å². The number of amides is 1. The maximum atomic E-state index is 12.4. The number of nitrogens with zero attached hydrogens (tertiary/aromatic N) is 6. The summed E-state index contributed by atoms with van der Waals surface area (Å²) in [4.78, 5) is 24.3. The van der Waals surface area contributed by atoms with E-state index in [9.17, 15) is 4.79 Å². The Kier molecular flexibility index (Phi) is 3.01. The highest BCUT2D eigenvalue weighted by Crippen LogP contribution is 2.41. The van der Waals surface area contributed by atoms with Gasteiger partial charge in [-0.1, -0.05) is 0 Å². The third kappa shape index (κ3) is 2.53. The number of carbonyl (C=O) groups excluding carboxylic acids is 1. The lowest BCUT2D eigenvalue weighted by Crippen LogP contribution is -2.24. The second kappa shape index (κ2) is 6.10. The molecule has 0 radical (unpaired) electrons. The minimum Gasteiger partial charge on any atom is -0.365 e. The minimum atomic E-state index is -2.60. The van der Waals surface area contributed by atoms with Crippen molar-refractivity contribution in [3.8, 4) is 11.3 Å². The molecule has 3 aromatic heterocycles. The Morgan fingerprint density at radius 1 is 1.27 bits per heavy atom. The Bertz CT molecular complexity index is 1090. The number of aromatic nitrogens is 5. The van der Waals surface area contributed by atoms with Crippen molar-refractivity contribution in [2.75, 3.05) is 24.2 Å². The molecule has 9 nitrogen and oxygen atoms in total. The molecule has 0 bridgehead atoms. The minimum absolute atomic E-state index is 0.0988. The number of nitrogens with one attached hydrogen (secondary N) is 2. The van der Waals surface area contributed by atoms with Crippen LogP contribution in [0.2, 0.25) is 0 Å². The molecule has 4 heterocycles. The molecule has 0 fully saturated rings. The summed E-state index contributed by atoms with van der Waals surface area (Å²) >= 11 is 0. The van der Waals surface area contributed by atoms with Crippen LogP contribution in [0.1, 0.15) is 20.2 Å². The predicted octanol–water partition coefficient (Wildman–Crippen LogP) is 1.33. The summed E-state index contributed by atoms with van der Waals surface area (Å²) < 4.78 is 21.8. The molecule has 2 N–H and O–H groups in total. The van der Waals surface area contributed by atoms with Crippen LogP contribution in [0.5, 0.6) is 0 Å². The quantitative estimate of drug-likeness (QED) is 0.732. The lowest BCUT2D eigenvalue weighted by atomic mass is 10.0. The normalized spacial score (nSPS) is 14.5. The van der Waals surface area contributed by atoms with Crippen molar-refractivity contribution in [1.29, 1.82) is 0 Å². The molecule has 1 aliphatic rings. The van der Waals surface area contributed by atoms with Crippen LogP contribution in [0.15, 0.2) is 30.7 Å². The van der Waals surface area contributed by atoms with Crippen molar-refractivity contribution in [3.05, 3.63) is 42.0 Å². The van der Waals surface area contributed by atoms with Gasteiger partial charge in [-0.15, -0.1) is 0 Å². The van der Waals surface area contributed by atoms with Gasteiger partial charge in [-0.3, -0.25) is 9.78 Å². The summed E-state index contributed by atoms with van der Waals surface area (Å²) in [6, 6.07) is 3.45. The molecule has 0 saturated heterocycles. The first kappa shape index (κ1) is 12.8. The molecule has 1 amide bonds. The Balaban J connectivity index is 1.74. The van der Waals surface area contributed by atoms with E-state index >= 15 is 0 Å². The number of carbonyl (C=O) groups is 1. The zero-order chi connectivity index (χ0) is 20.8. The lowest BCUT2D eigenvalue weighted by Gasteiger charge is -2.28. The summed E-state index contributed by atoms with van der Waals surface area (Å²) in [5.41, 5.74) is 3.80. The maximum absolute atomic E-state index is 12.4. The average molecular weight is 353 g/mol. The fourth-order valence-corrected chi connectivity index (χ4v) is 3.07. The Labute approximate surface area is 154 Å². The molecular formula is C17H18N8O. The summed E-state index contributed by atoms with van der Waals surface area (Å²) in [6.07, 6.45) is 4.46. The van der Waals surface area contributed by atoms with Crippen LogP contribution in [0.3, 0.4) is 0 Å². The van der Waals surface area contributed by atoms with Crippen molar-refractivity contribution < 1.29 is 8.91 Å². The van der Waals surface area contributed by atoms with Gasteiger partial charge in [0.05, 0.1) is 23.5 Å². The van der Waals surface area contributed by atoms with Gasteiger partial charge < -0.3 is 15.5 Å². The van der Waals surface area contributed by atoms with Gasteiger partial charge in [0.1, 0.15) is 11.4 Å². The van der Waals surface area contributed by atoms with Gasteiger partial charge in [-0.05, 0) is 12.1 Å². The SMILES string of the molecule is [2H]C([2H])([2H])NC(=O)c1cnccc1Nc1nccc2c1N(C)Cc1nn(C)nc1-2. The molecule has 0 atom stereocenters. The summed E-state index contributed by atoms with van der Waals surface area (Å²) in [6.45, 7) is -2.05. The highest BCUT2D eigenvalue weighted by Gasteiger charge is 2.27. The van der Waals surface area contributed by atoms with E-state index in [4.69, 9.17) is 4.11 Å². The van der Waals surface area contributed by atoms with Gasteiger partial charge >= 0.3 is 0 Å². The largest absolute Gasteiger partial charge is 0.365 e. The smallest absolute Gasteiger partial charge is 0.254 e. The molecule has 1 aliphatic heterocycles. The second-order valence-corrected chi connectivity index (χ2v) is 5.90. The van der Waals surface area contributed by atoms with Crippen LogP contribution >= 0.6 is 0 Å². The van der Waals surface area contributed by atoms with Gasteiger partial charge in [0, 0.05) is 49.3 Å². The first-order chi connectivity index (χ1) is 13.7. The Hall–Kier alpha value is -3.49. The van der Waals surface area contributed by atoms with Crippen molar-refractivity contribution in [1.82, 2.24) is 30.3 Å². The lowest BCUT2D eigenvalue weighted by molar-refractivity contribution is 0.0963. The summed E-state index contributed by atoms with van der Waals surface area (Å²) in [7, 11) is 3.68. The first-order valence-electron chi connectivity index (χ1n) is 9.37. The summed E-state index contributed by atoms with van der Waals surface area (Å²) in [5.74, 6) is -0.245. The fraction of sp³-hybridized carbons (Fsp3) is 0.235. The van der Waals surface area contributed by atoms with Gasteiger partial charge in [-0.25, -0.2) is 4.98 Å². The van der Waals surface area contributed by atoms with Crippen LogP contribution in [0, 0.1) is 0 Å². The van der Waals surface area contributed by atoms with Gasteiger partial charge in [0.2, 0.25) is 0 Å². The number of rotatable bonds is 3. The van der Waals surface area contributed by atoms with Crippen molar-refractivity contribution in [2.24, 2.45) is 7.05 Å². The predicted molar refractivity (Wildman–Crippen MR) is 97.3 cm³/mol. The molecule has 3 aromatic rings. The van der Waals surface area contributed by atoms with E-state index in [1.54, 1.807) is 19.3 Å². The zero-order valence-electron chi connectivity index (χ0n) is 17.2. The summed E-state index contributed by atoms with van der Waals surface area (Å²) in [5, 5.41) is 14.0. The van der Waals surface area contributed by atoms with Crippen LogP contribution in [0.4, 0.5) is 17.2 Å². The Morgan fingerprint density at radius 3 is 3.00 bits per heavy atom. The van der Waals surface area contributed by atoms with E-state index in [1.807, 2.05) is 23.3 Å². The number of anilines is 3. The van der Waals surface area contributed by atoms with E-state index in [-0.39, 0.29) is 5.56 Å². The van der Waals surface area contributed by atoms with Gasteiger partial charge in [0.15, 0.2) is 5.82 Å². The molecule has 0 aliphatic carbocycles. The van der Waals surface area contributed by atoms with Gasteiger partial charge in [0.25, 0.3) is 5.91 Å². The van der Waals surface area contributed by atoms with Crippen LogP contribution in [-0.2, 0) is 13.6 Å². The maximum Gasteiger partial charge on any atom is 0.254 e. The molecule has 0 aromatic carbocycles. The highest BCUT2D eigenvalue weighted by molar-refractivity contribution is 6.00. The molecule has 26 heavy (non-hydrogen) atoms. The third-order valence-corrected chi connectivity index (χ3v) is 4.16. The molecular weight excluding hydrogens is 332 g/mol. The molecule has 0 saturated carbocycles. The number of pyridine rings is 2. The topological polar surface area (TPSA) is 101 Å². The first-order valence-corrected chi connectivity index (χ1v) is 7.87. The monoisotopic (exact) mass is 353 g/mol. The molecule has 9 heteroatoms. The molecule has 132 valence electrons.